The standard InChI is InChI=1S/C28H36NO/c30-28(26-16-7-2-8-17-26,27-18-9-3-10-19-27)20-13-23-29(21-11-4-12-22-29)24-25-14-5-1-6-15-25/h1-2,5-8,14-17,27,30H,3-4,9-12,18-19,21-24H2/q+1. The van der Waals surface area contributed by atoms with Crippen LogP contribution in [0.25, 0.3) is 0 Å². The molecule has 158 valence electrons. The number of quaternary nitrogens is 1. The van der Waals surface area contributed by atoms with Gasteiger partial charge < -0.3 is 9.59 Å². The maximum Gasteiger partial charge on any atom is 0.153 e. The molecule has 0 bridgehead atoms. The highest BCUT2D eigenvalue weighted by atomic mass is 16.3. The highest BCUT2D eigenvalue weighted by Crippen LogP contribution is 2.39. The molecule has 0 aromatic heterocycles. The zero-order valence-corrected chi connectivity index (χ0v) is 18.2. The Hall–Kier alpha value is -2.08. The number of hydrogen-bond donors (Lipinski definition) is 1. The highest BCUT2D eigenvalue weighted by molar-refractivity contribution is 5.33. The monoisotopic (exact) mass is 402 g/mol. The summed E-state index contributed by atoms with van der Waals surface area (Å²) in [6.07, 6.45) is 9.73. The summed E-state index contributed by atoms with van der Waals surface area (Å²) in [5.74, 6) is 7.20. The second-order valence-electron chi connectivity index (χ2n) is 9.42. The fourth-order valence-electron chi connectivity index (χ4n) is 5.49. The Labute approximate surface area is 182 Å². The van der Waals surface area contributed by atoms with E-state index in [4.69, 9.17) is 0 Å². The molecule has 1 heterocycles. The second kappa shape index (κ2) is 9.82. The maximum atomic E-state index is 11.8. The summed E-state index contributed by atoms with van der Waals surface area (Å²) in [6.45, 7) is 4.26. The molecule has 4 rings (SSSR count). The summed E-state index contributed by atoms with van der Waals surface area (Å²) in [7, 11) is 0. The first-order valence-corrected chi connectivity index (χ1v) is 11.9. The van der Waals surface area contributed by atoms with Crippen molar-refractivity contribution in [3.63, 3.8) is 0 Å². The fraction of sp³-hybridized carbons (Fsp3) is 0.500. The van der Waals surface area contributed by atoms with Gasteiger partial charge in [0.25, 0.3) is 0 Å². The molecule has 0 amide bonds. The molecule has 1 N–H and O–H groups in total. The predicted molar refractivity (Wildman–Crippen MR) is 124 cm³/mol. The Balaban J connectivity index is 1.59. The highest BCUT2D eigenvalue weighted by Gasteiger charge is 2.38. The van der Waals surface area contributed by atoms with E-state index < -0.39 is 5.60 Å². The Bertz CT molecular complexity index is 838. The van der Waals surface area contributed by atoms with Crippen molar-refractivity contribution in [3.05, 3.63) is 71.8 Å². The van der Waals surface area contributed by atoms with Crippen molar-refractivity contribution in [3.8, 4) is 11.8 Å². The van der Waals surface area contributed by atoms with Crippen LogP contribution in [0.5, 0.6) is 0 Å². The van der Waals surface area contributed by atoms with E-state index in [9.17, 15) is 5.11 Å². The summed E-state index contributed by atoms with van der Waals surface area (Å²) < 4.78 is 1.03. The smallest absolute Gasteiger partial charge is 0.153 e. The second-order valence-corrected chi connectivity index (χ2v) is 9.42. The Morgan fingerprint density at radius 1 is 0.800 bits per heavy atom. The molecule has 2 aliphatic rings. The molecule has 1 atom stereocenters. The normalized spacial score (nSPS) is 21.2. The van der Waals surface area contributed by atoms with Crippen LogP contribution in [-0.4, -0.2) is 29.2 Å². The van der Waals surface area contributed by atoms with Crippen molar-refractivity contribution >= 4 is 0 Å². The van der Waals surface area contributed by atoms with Gasteiger partial charge in [0, 0.05) is 11.5 Å². The van der Waals surface area contributed by atoms with Crippen molar-refractivity contribution in [1.29, 1.82) is 0 Å². The lowest BCUT2D eigenvalue weighted by Gasteiger charge is -2.40. The molecule has 1 aliphatic carbocycles. The Morgan fingerprint density at radius 2 is 1.40 bits per heavy atom. The molecule has 1 saturated carbocycles. The van der Waals surface area contributed by atoms with Gasteiger partial charge >= 0.3 is 0 Å². The third-order valence-corrected chi connectivity index (χ3v) is 7.23. The van der Waals surface area contributed by atoms with Crippen molar-refractivity contribution in [2.75, 3.05) is 19.6 Å². The average Bonchev–Trinajstić information content (AvgIpc) is 2.81. The number of hydrogen-bond acceptors (Lipinski definition) is 1. The van der Waals surface area contributed by atoms with Crippen LogP contribution in [0.3, 0.4) is 0 Å². The van der Waals surface area contributed by atoms with E-state index in [0.717, 1.165) is 36.0 Å². The minimum absolute atomic E-state index is 0.241. The van der Waals surface area contributed by atoms with Gasteiger partial charge in [-0.3, -0.25) is 0 Å². The van der Waals surface area contributed by atoms with E-state index in [1.807, 2.05) is 18.2 Å². The zero-order valence-electron chi connectivity index (χ0n) is 18.2. The lowest BCUT2D eigenvalue weighted by atomic mass is 9.73. The van der Waals surface area contributed by atoms with Gasteiger partial charge in [0.2, 0.25) is 0 Å². The number of nitrogens with zero attached hydrogens (tertiary/aromatic N) is 1. The molecule has 2 nitrogen and oxygen atoms in total. The van der Waals surface area contributed by atoms with E-state index in [1.54, 1.807) is 0 Å². The van der Waals surface area contributed by atoms with Gasteiger partial charge in [0.15, 0.2) is 5.60 Å². The van der Waals surface area contributed by atoms with Crippen molar-refractivity contribution in [1.82, 2.24) is 0 Å². The molecule has 1 unspecified atom stereocenters. The van der Waals surface area contributed by atoms with Gasteiger partial charge in [-0.2, -0.15) is 0 Å². The zero-order chi connectivity index (χ0) is 20.7. The number of aliphatic hydroxyl groups is 1. The Morgan fingerprint density at radius 3 is 2.07 bits per heavy atom. The van der Waals surface area contributed by atoms with Gasteiger partial charge in [-0.05, 0) is 43.6 Å². The van der Waals surface area contributed by atoms with Crippen LogP contribution in [0.4, 0.5) is 0 Å². The van der Waals surface area contributed by atoms with E-state index in [2.05, 4.69) is 54.3 Å². The van der Waals surface area contributed by atoms with Crippen LogP contribution in [0.15, 0.2) is 60.7 Å². The molecular formula is C28H36NO+. The number of rotatable bonds is 5. The first-order valence-electron chi connectivity index (χ1n) is 11.9. The molecule has 2 fully saturated rings. The molecule has 0 spiro atoms. The first-order chi connectivity index (χ1) is 14.7. The summed E-state index contributed by atoms with van der Waals surface area (Å²) in [5, 5.41) is 11.8. The van der Waals surface area contributed by atoms with Gasteiger partial charge in [-0.15, -0.1) is 0 Å². The number of piperidine rings is 1. The molecule has 0 radical (unpaired) electrons. The minimum atomic E-state index is -1.02. The summed E-state index contributed by atoms with van der Waals surface area (Å²) >= 11 is 0. The minimum Gasteiger partial charge on any atom is -0.373 e. The van der Waals surface area contributed by atoms with Crippen molar-refractivity contribution in [2.45, 2.75) is 63.5 Å². The van der Waals surface area contributed by atoms with E-state index in [-0.39, 0.29) is 5.92 Å². The SMILES string of the molecule is OC(C#CC[N+]1(Cc2ccccc2)CCCCC1)(c1ccccc1)C1CCCCC1. The van der Waals surface area contributed by atoms with Crippen molar-refractivity contribution < 1.29 is 9.59 Å². The predicted octanol–water partition coefficient (Wildman–Crippen LogP) is 5.66. The largest absolute Gasteiger partial charge is 0.373 e. The molecule has 1 saturated heterocycles. The molecule has 2 heteroatoms. The fourth-order valence-corrected chi connectivity index (χ4v) is 5.49. The maximum absolute atomic E-state index is 11.8. The van der Waals surface area contributed by atoms with Crippen molar-refractivity contribution in [2.24, 2.45) is 5.92 Å². The third kappa shape index (κ3) is 4.97. The van der Waals surface area contributed by atoms with E-state index in [1.165, 1.54) is 57.2 Å². The molecule has 1 aliphatic heterocycles. The third-order valence-electron chi connectivity index (χ3n) is 7.23. The van der Waals surface area contributed by atoms with E-state index in [0.29, 0.717) is 0 Å². The van der Waals surface area contributed by atoms with Gasteiger partial charge in [-0.1, -0.05) is 85.8 Å². The van der Waals surface area contributed by atoms with Gasteiger partial charge in [0.05, 0.1) is 13.1 Å². The lowest BCUT2D eigenvalue weighted by Crippen LogP contribution is -2.51. The molecule has 30 heavy (non-hydrogen) atoms. The van der Waals surface area contributed by atoms with Gasteiger partial charge in [0.1, 0.15) is 13.1 Å². The van der Waals surface area contributed by atoms with Crippen LogP contribution in [0, 0.1) is 17.8 Å². The van der Waals surface area contributed by atoms with Crippen LogP contribution in [0.1, 0.15) is 62.5 Å². The number of benzene rings is 2. The average molecular weight is 403 g/mol. The van der Waals surface area contributed by atoms with Crippen LogP contribution in [0.2, 0.25) is 0 Å². The molecule has 2 aromatic rings. The van der Waals surface area contributed by atoms with Crippen LogP contribution in [-0.2, 0) is 12.1 Å². The quantitative estimate of drug-likeness (QED) is 0.505. The Kier molecular flexibility index (Phi) is 6.93. The summed E-state index contributed by atoms with van der Waals surface area (Å²) in [4.78, 5) is 0. The van der Waals surface area contributed by atoms with Crippen LogP contribution < -0.4 is 0 Å². The summed E-state index contributed by atoms with van der Waals surface area (Å²) in [5.41, 5.74) is 1.35. The molecular weight excluding hydrogens is 366 g/mol. The first kappa shape index (κ1) is 21.2. The van der Waals surface area contributed by atoms with Crippen LogP contribution >= 0.6 is 0 Å². The number of likely N-dealkylation sites (tertiary alicyclic amines) is 1. The van der Waals surface area contributed by atoms with E-state index >= 15 is 0 Å². The summed E-state index contributed by atoms with van der Waals surface area (Å²) in [6, 6.07) is 21.0. The van der Waals surface area contributed by atoms with Gasteiger partial charge in [-0.25, -0.2) is 0 Å². The lowest BCUT2D eigenvalue weighted by molar-refractivity contribution is -0.938. The topological polar surface area (TPSA) is 20.2 Å². The molecule has 2 aromatic carbocycles.